The molecular formula is C25H20N2O4S. The molecule has 0 radical (unpaired) electrons. The van der Waals surface area contributed by atoms with Gasteiger partial charge >= 0.3 is 0 Å². The number of carbonyl (C=O) groups is 2. The van der Waals surface area contributed by atoms with Gasteiger partial charge in [0.1, 0.15) is 5.75 Å². The fraction of sp³-hybridized carbons (Fsp3) is 0.160. The maximum Gasteiger partial charge on any atom is 0.294 e. The van der Waals surface area contributed by atoms with Crippen LogP contribution in [0.2, 0.25) is 0 Å². The van der Waals surface area contributed by atoms with E-state index in [2.05, 4.69) is 0 Å². The monoisotopic (exact) mass is 444 g/mol. The van der Waals surface area contributed by atoms with Crippen molar-refractivity contribution in [3.63, 3.8) is 0 Å². The lowest BCUT2D eigenvalue weighted by atomic mass is 9.95. The summed E-state index contributed by atoms with van der Waals surface area (Å²) in [5.74, 6) is -1.05. The van der Waals surface area contributed by atoms with E-state index in [-0.39, 0.29) is 11.7 Å². The Kier molecular flexibility index (Phi) is 5.80. The van der Waals surface area contributed by atoms with Crippen LogP contribution in [0.1, 0.15) is 40.7 Å². The number of ketones is 1. The second kappa shape index (κ2) is 8.69. The summed E-state index contributed by atoms with van der Waals surface area (Å²) in [7, 11) is 0. The molecule has 0 saturated heterocycles. The Morgan fingerprint density at radius 2 is 1.91 bits per heavy atom. The van der Waals surface area contributed by atoms with E-state index >= 15 is 0 Å². The van der Waals surface area contributed by atoms with E-state index in [1.165, 1.54) is 16.2 Å². The zero-order valence-corrected chi connectivity index (χ0v) is 18.3. The highest BCUT2D eigenvalue weighted by Crippen LogP contribution is 2.43. The number of nitrogens with zero attached hydrogens (tertiary/aromatic N) is 2. The number of amides is 1. The molecule has 160 valence electrons. The molecule has 0 fully saturated rings. The normalized spacial score (nSPS) is 15.9. The number of carbonyl (C=O) groups excluding carboxylic acids is 2. The number of aliphatic hydroxyl groups is 1. The van der Waals surface area contributed by atoms with Crippen molar-refractivity contribution in [1.82, 2.24) is 0 Å². The van der Waals surface area contributed by atoms with Gasteiger partial charge in [-0.25, -0.2) is 0 Å². The van der Waals surface area contributed by atoms with E-state index in [0.29, 0.717) is 27.4 Å². The molecule has 1 aliphatic rings. The number of benzene rings is 2. The molecule has 3 aromatic rings. The Morgan fingerprint density at radius 3 is 2.53 bits per heavy atom. The smallest absolute Gasteiger partial charge is 0.294 e. The first kappa shape index (κ1) is 21.3. The summed E-state index contributed by atoms with van der Waals surface area (Å²) in [5.41, 5.74) is 1.55. The lowest BCUT2D eigenvalue weighted by Crippen LogP contribution is -2.31. The molecule has 1 amide bonds. The van der Waals surface area contributed by atoms with Crippen LogP contribution in [0.5, 0.6) is 5.75 Å². The van der Waals surface area contributed by atoms with Crippen LogP contribution in [0.4, 0.5) is 5.69 Å². The van der Waals surface area contributed by atoms with Crippen molar-refractivity contribution >= 4 is 28.7 Å². The van der Waals surface area contributed by atoms with Gasteiger partial charge in [-0.15, -0.1) is 11.3 Å². The van der Waals surface area contributed by atoms with Crippen LogP contribution >= 0.6 is 11.3 Å². The van der Waals surface area contributed by atoms with E-state index in [1.54, 1.807) is 66.0 Å². The fourth-order valence-electron chi connectivity index (χ4n) is 3.69. The molecule has 1 aliphatic heterocycles. The standard InChI is InChI=1S/C25H20N2O4S/c1-15(2)31-19-6-3-5-17(13-19)22-21(23(28)20-7-4-12-32-20)24(29)25(30)27(22)18-10-8-16(14-26)9-11-18/h3-13,15,22,29H,1-2H3. The van der Waals surface area contributed by atoms with Gasteiger partial charge in [-0.2, -0.15) is 5.26 Å². The molecule has 0 aliphatic carbocycles. The molecule has 1 atom stereocenters. The van der Waals surface area contributed by atoms with Crippen LogP contribution in [-0.2, 0) is 4.79 Å². The summed E-state index contributed by atoms with van der Waals surface area (Å²) < 4.78 is 5.81. The Morgan fingerprint density at radius 1 is 1.16 bits per heavy atom. The van der Waals surface area contributed by atoms with E-state index < -0.39 is 23.5 Å². The molecule has 6 nitrogen and oxygen atoms in total. The van der Waals surface area contributed by atoms with Crippen LogP contribution in [0.25, 0.3) is 0 Å². The molecule has 2 aromatic carbocycles. The van der Waals surface area contributed by atoms with Gasteiger partial charge in [0, 0.05) is 5.69 Å². The third-order valence-corrected chi connectivity index (χ3v) is 5.89. The van der Waals surface area contributed by atoms with E-state index in [4.69, 9.17) is 10.00 Å². The average molecular weight is 445 g/mol. The van der Waals surface area contributed by atoms with E-state index in [9.17, 15) is 14.7 Å². The minimum absolute atomic E-state index is 0.0171. The van der Waals surface area contributed by atoms with Crippen molar-refractivity contribution in [2.45, 2.75) is 26.0 Å². The van der Waals surface area contributed by atoms with Crippen molar-refractivity contribution in [2.24, 2.45) is 0 Å². The van der Waals surface area contributed by atoms with Crippen molar-refractivity contribution in [3.05, 3.63) is 93.4 Å². The van der Waals surface area contributed by atoms with Gasteiger partial charge < -0.3 is 9.84 Å². The molecule has 1 aromatic heterocycles. The third kappa shape index (κ3) is 3.88. The molecule has 0 spiro atoms. The molecule has 1 unspecified atom stereocenters. The number of anilines is 1. The van der Waals surface area contributed by atoms with Crippen molar-refractivity contribution in [2.75, 3.05) is 4.90 Å². The summed E-state index contributed by atoms with van der Waals surface area (Å²) in [5, 5.41) is 21.7. The van der Waals surface area contributed by atoms with Crippen LogP contribution in [0.15, 0.2) is 77.4 Å². The predicted molar refractivity (Wildman–Crippen MR) is 122 cm³/mol. The highest BCUT2D eigenvalue weighted by atomic mass is 32.1. The van der Waals surface area contributed by atoms with Crippen molar-refractivity contribution in [3.8, 4) is 11.8 Å². The number of aliphatic hydroxyl groups excluding tert-OH is 1. The van der Waals surface area contributed by atoms with Crippen LogP contribution in [0, 0.1) is 11.3 Å². The molecule has 4 rings (SSSR count). The first-order valence-electron chi connectivity index (χ1n) is 10.0. The van der Waals surface area contributed by atoms with Gasteiger partial charge in [-0.1, -0.05) is 18.2 Å². The molecule has 0 bridgehead atoms. The summed E-state index contributed by atoms with van der Waals surface area (Å²) in [6, 6.07) is 18.2. The Balaban J connectivity index is 1.86. The number of hydrogen-bond donors (Lipinski definition) is 1. The largest absolute Gasteiger partial charge is 0.503 e. The zero-order chi connectivity index (χ0) is 22.8. The number of Topliss-reactive ketones (excluding diaryl/α,β-unsaturated/α-hetero) is 1. The Hall–Kier alpha value is -3.89. The van der Waals surface area contributed by atoms with Crippen LogP contribution in [0.3, 0.4) is 0 Å². The molecule has 7 heteroatoms. The van der Waals surface area contributed by atoms with Gasteiger partial charge in [0.15, 0.2) is 5.76 Å². The minimum atomic E-state index is -0.847. The summed E-state index contributed by atoms with van der Waals surface area (Å²) in [6.45, 7) is 3.82. The maximum absolute atomic E-state index is 13.3. The van der Waals surface area contributed by atoms with Gasteiger partial charge in [0.2, 0.25) is 5.78 Å². The SMILES string of the molecule is CC(C)Oc1cccc(C2C(C(=O)c3cccs3)=C(O)C(=O)N2c2ccc(C#N)cc2)c1. The maximum atomic E-state index is 13.3. The first-order valence-corrected chi connectivity index (χ1v) is 10.9. The Bertz CT molecular complexity index is 1240. The molecular weight excluding hydrogens is 424 g/mol. The minimum Gasteiger partial charge on any atom is -0.503 e. The van der Waals surface area contributed by atoms with Crippen molar-refractivity contribution < 1.29 is 19.4 Å². The lowest BCUT2D eigenvalue weighted by Gasteiger charge is -2.27. The molecule has 32 heavy (non-hydrogen) atoms. The summed E-state index contributed by atoms with van der Waals surface area (Å²) in [6.07, 6.45) is -0.0544. The zero-order valence-electron chi connectivity index (χ0n) is 17.5. The fourth-order valence-corrected chi connectivity index (χ4v) is 4.36. The number of thiophene rings is 1. The van der Waals surface area contributed by atoms with Gasteiger partial charge in [0.25, 0.3) is 5.91 Å². The average Bonchev–Trinajstić information content (AvgIpc) is 3.41. The quantitative estimate of drug-likeness (QED) is 0.529. The Labute approximate surface area is 189 Å². The highest BCUT2D eigenvalue weighted by Gasteiger charge is 2.45. The number of ether oxygens (including phenoxy) is 1. The van der Waals surface area contributed by atoms with Crippen LogP contribution in [-0.4, -0.2) is 22.9 Å². The van der Waals surface area contributed by atoms with Gasteiger partial charge in [-0.05, 0) is 67.3 Å². The molecule has 1 N–H and O–H groups in total. The van der Waals surface area contributed by atoms with E-state index in [0.717, 1.165) is 0 Å². The topological polar surface area (TPSA) is 90.6 Å². The predicted octanol–water partition coefficient (Wildman–Crippen LogP) is 5.19. The number of rotatable bonds is 6. The van der Waals surface area contributed by atoms with Crippen molar-refractivity contribution in [1.29, 1.82) is 5.26 Å². The second-order valence-electron chi connectivity index (χ2n) is 7.54. The first-order chi connectivity index (χ1) is 15.4. The van der Waals surface area contributed by atoms with E-state index in [1.807, 2.05) is 19.9 Å². The van der Waals surface area contributed by atoms with Gasteiger partial charge in [-0.3, -0.25) is 14.5 Å². The van der Waals surface area contributed by atoms with Crippen LogP contribution < -0.4 is 9.64 Å². The lowest BCUT2D eigenvalue weighted by molar-refractivity contribution is -0.117. The molecule has 0 saturated carbocycles. The second-order valence-corrected chi connectivity index (χ2v) is 8.49. The number of hydrogen-bond acceptors (Lipinski definition) is 6. The number of nitriles is 1. The molecule has 2 heterocycles. The summed E-state index contributed by atoms with van der Waals surface area (Å²) in [4.78, 5) is 28.3. The highest BCUT2D eigenvalue weighted by molar-refractivity contribution is 7.12. The summed E-state index contributed by atoms with van der Waals surface area (Å²) >= 11 is 1.25. The third-order valence-electron chi connectivity index (χ3n) is 5.02. The van der Waals surface area contributed by atoms with Gasteiger partial charge in [0.05, 0.1) is 34.2 Å².